The fraction of sp³-hybridized carbons (Fsp3) is 0.261. The third-order valence-corrected chi connectivity index (χ3v) is 6.85. The zero-order valence-electron chi connectivity index (χ0n) is 17.6. The van der Waals surface area contributed by atoms with Crippen LogP contribution >= 0.6 is 0 Å². The van der Waals surface area contributed by atoms with Crippen LogP contribution in [0.3, 0.4) is 0 Å². The first-order valence-electron chi connectivity index (χ1n) is 10.3. The van der Waals surface area contributed by atoms with E-state index in [1.807, 2.05) is 0 Å². The Morgan fingerprint density at radius 1 is 1.06 bits per heavy atom. The second-order valence-corrected chi connectivity index (χ2v) is 9.37. The monoisotopic (exact) mass is 498 g/mol. The number of aromatic nitrogens is 1. The van der Waals surface area contributed by atoms with Gasteiger partial charge in [0.05, 0.1) is 23.7 Å². The van der Waals surface area contributed by atoms with Gasteiger partial charge in [0.2, 0.25) is 5.95 Å². The molecule has 3 aromatic rings. The molecule has 11 heteroatoms. The number of ether oxygens (including phenoxy) is 1. The van der Waals surface area contributed by atoms with Crippen LogP contribution in [-0.2, 0) is 22.6 Å². The van der Waals surface area contributed by atoms with E-state index in [0.717, 1.165) is 18.2 Å². The summed E-state index contributed by atoms with van der Waals surface area (Å²) in [5.41, 5.74) is 0.498. The van der Waals surface area contributed by atoms with Gasteiger partial charge in [0.15, 0.2) is 0 Å². The molecule has 180 valence electrons. The first-order valence-corrected chi connectivity index (χ1v) is 11.7. The number of alkyl halides is 4. The highest BCUT2D eigenvalue weighted by atomic mass is 32.2. The average Bonchev–Trinajstić information content (AvgIpc) is 2.78. The van der Waals surface area contributed by atoms with Crippen molar-refractivity contribution < 1.29 is 35.1 Å². The van der Waals surface area contributed by atoms with Crippen molar-refractivity contribution in [2.45, 2.75) is 29.8 Å². The fourth-order valence-corrected chi connectivity index (χ4v) is 4.98. The van der Waals surface area contributed by atoms with Gasteiger partial charge in [0, 0.05) is 24.0 Å². The maximum absolute atomic E-state index is 13.3. The molecule has 34 heavy (non-hydrogen) atoms. The summed E-state index contributed by atoms with van der Waals surface area (Å²) in [6, 6.07) is 11.1. The molecule has 0 spiro atoms. The van der Waals surface area contributed by atoms with E-state index in [2.05, 4.69) is 9.71 Å². The zero-order valence-corrected chi connectivity index (χ0v) is 18.4. The average molecular weight is 498 g/mol. The first kappa shape index (κ1) is 23.9. The normalized spacial score (nSPS) is 16.0. The molecule has 1 atom stereocenters. The van der Waals surface area contributed by atoms with Crippen molar-refractivity contribution in [1.82, 2.24) is 4.98 Å². The molecular weight excluding hydrogens is 479 g/mol. The molecule has 5 nitrogen and oxygen atoms in total. The SMILES string of the molecule is O=S(=O)(Nc1cccc(F)n1)c1ccc2c(c1)OCC[C@@H]2c1ccc(C(F)(F)F)cc1CCF. The second-order valence-electron chi connectivity index (χ2n) is 7.69. The van der Waals surface area contributed by atoms with Gasteiger partial charge in [-0.25, -0.2) is 13.4 Å². The number of aryl methyl sites for hydroxylation is 1. The molecule has 1 N–H and O–H groups in total. The molecule has 0 bridgehead atoms. The Morgan fingerprint density at radius 3 is 2.53 bits per heavy atom. The van der Waals surface area contributed by atoms with Gasteiger partial charge in [-0.3, -0.25) is 9.11 Å². The van der Waals surface area contributed by atoms with E-state index in [4.69, 9.17) is 4.74 Å². The van der Waals surface area contributed by atoms with E-state index in [9.17, 15) is 30.4 Å². The summed E-state index contributed by atoms with van der Waals surface area (Å²) in [6.45, 7) is -0.627. The summed E-state index contributed by atoms with van der Waals surface area (Å²) in [5, 5.41) is 0. The van der Waals surface area contributed by atoms with Crippen molar-refractivity contribution in [3.8, 4) is 5.75 Å². The van der Waals surface area contributed by atoms with E-state index in [1.165, 1.54) is 36.4 Å². The van der Waals surface area contributed by atoms with Crippen molar-refractivity contribution >= 4 is 15.8 Å². The van der Waals surface area contributed by atoms with E-state index >= 15 is 0 Å². The van der Waals surface area contributed by atoms with Crippen LogP contribution in [0, 0.1) is 5.95 Å². The van der Waals surface area contributed by atoms with Crippen LogP contribution in [0.4, 0.5) is 27.8 Å². The number of nitrogens with zero attached hydrogens (tertiary/aromatic N) is 1. The minimum atomic E-state index is -4.55. The lowest BCUT2D eigenvalue weighted by Crippen LogP contribution is -2.19. The van der Waals surface area contributed by atoms with Gasteiger partial charge in [0.25, 0.3) is 10.0 Å². The van der Waals surface area contributed by atoms with Crippen LogP contribution in [-0.4, -0.2) is 26.7 Å². The predicted molar refractivity (Wildman–Crippen MR) is 115 cm³/mol. The lowest BCUT2D eigenvalue weighted by molar-refractivity contribution is -0.137. The maximum Gasteiger partial charge on any atom is 0.416 e. The number of halogens is 5. The van der Waals surface area contributed by atoms with E-state index in [0.29, 0.717) is 17.5 Å². The van der Waals surface area contributed by atoms with Crippen molar-refractivity contribution in [2.24, 2.45) is 0 Å². The van der Waals surface area contributed by atoms with Crippen molar-refractivity contribution in [3.63, 3.8) is 0 Å². The van der Waals surface area contributed by atoms with E-state index < -0.39 is 40.3 Å². The van der Waals surface area contributed by atoms with Gasteiger partial charge >= 0.3 is 6.18 Å². The summed E-state index contributed by atoms with van der Waals surface area (Å²) < 4.78 is 99.2. The molecule has 0 saturated carbocycles. The Bertz CT molecular complexity index is 1310. The fourth-order valence-electron chi connectivity index (χ4n) is 3.96. The number of anilines is 1. The highest BCUT2D eigenvalue weighted by Crippen LogP contribution is 2.42. The number of hydrogen-bond donors (Lipinski definition) is 1. The molecule has 0 aliphatic carbocycles. The topological polar surface area (TPSA) is 68.3 Å². The van der Waals surface area contributed by atoms with Crippen LogP contribution in [0.25, 0.3) is 0 Å². The number of nitrogens with one attached hydrogen (secondary N) is 1. The summed E-state index contributed by atoms with van der Waals surface area (Å²) in [4.78, 5) is 3.32. The Morgan fingerprint density at radius 2 is 1.82 bits per heavy atom. The molecular formula is C23H19F5N2O3S. The maximum atomic E-state index is 13.3. The number of rotatable bonds is 6. The van der Waals surface area contributed by atoms with Gasteiger partial charge in [-0.2, -0.15) is 17.6 Å². The smallest absolute Gasteiger partial charge is 0.416 e. The van der Waals surface area contributed by atoms with Crippen LogP contribution in [0.2, 0.25) is 0 Å². The van der Waals surface area contributed by atoms with Crippen LogP contribution < -0.4 is 9.46 Å². The molecule has 1 aliphatic rings. The standard InChI is InChI=1S/C23H19F5N2O3S/c24-10-8-14-12-15(23(26,27)28)4-6-17(14)18-9-11-33-20-13-16(5-7-19(18)20)34(31,32)30-22-3-1-2-21(25)29-22/h1-7,12-13,18H,8-11H2,(H,29,30)/t18-/m1/s1. The number of sulfonamides is 1. The van der Waals surface area contributed by atoms with Gasteiger partial charge < -0.3 is 4.74 Å². The minimum absolute atomic E-state index is 0.158. The Hall–Kier alpha value is -3.21. The largest absolute Gasteiger partial charge is 0.493 e. The first-order chi connectivity index (χ1) is 16.1. The van der Waals surface area contributed by atoms with Crippen LogP contribution in [0.5, 0.6) is 5.75 Å². The number of benzene rings is 2. The number of hydrogen-bond acceptors (Lipinski definition) is 4. The van der Waals surface area contributed by atoms with Gasteiger partial charge in [-0.15, -0.1) is 0 Å². The van der Waals surface area contributed by atoms with E-state index in [-0.39, 0.29) is 35.1 Å². The number of fused-ring (bicyclic) bond motifs is 1. The summed E-state index contributed by atoms with van der Waals surface area (Å²) in [7, 11) is -4.12. The molecule has 2 aromatic carbocycles. The third-order valence-electron chi connectivity index (χ3n) is 5.50. The predicted octanol–water partition coefficient (Wildman–Crippen LogP) is 5.47. The molecule has 1 aliphatic heterocycles. The van der Waals surface area contributed by atoms with Crippen molar-refractivity contribution in [2.75, 3.05) is 18.0 Å². The minimum Gasteiger partial charge on any atom is -0.493 e. The van der Waals surface area contributed by atoms with Gasteiger partial charge in [-0.1, -0.05) is 18.2 Å². The van der Waals surface area contributed by atoms with Crippen molar-refractivity contribution in [3.05, 3.63) is 82.8 Å². The molecule has 0 unspecified atom stereocenters. The van der Waals surface area contributed by atoms with E-state index in [1.54, 1.807) is 0 Å². The molecule has 0 saturated heterocycles. The Kier molecular flexibility index (Phi) is 6.48. The molecule has 2 heterocycles. The lowest BCUT2D eigenvalue weighted by atomic mass is 9.83. The van der Waals surface area contributed by atoms with Crippen LogP contribution in [0.15, 0.2) is 59.5 Å². The van der Waals surface area contributed by atoms with Crippen molar-refractivity contribution in [1.29, 1.82) is 0 Å². The summed E-state index contributed by atoms with van der Waals surface area (Å²) >= 11 is 0. The Balaban J connectivity index is 1.69. The second kappa shape index (κ2) is 9.21. The molecule has 0 radical (unpaired) electrons. The van der Waals surface area contributed by atoms with Crippen LogP contribution in [0.1, 0.15) is 34.6 Å². The molecule has 0 amide bonds. The highest BCUT2D eigenvalue weighted by molar-refractivity contribution is 7.92. The summed E-state index contributed by atoms with van der Waals surface area (Å²) in [6.07, 6.45) is -4.30. The highest BCUT2D eigenvalue weighted by Gasteiger charge is 2.33. The Labute approximate surface area is 192 Å². The lowest BCUT2D eigenvalue weighted by Gasteiger charge is -2.28. The zero-order chi connectivity index (χ0) is 24.5. The molecule has 4 rings (SSSR count). The summed E-state index contributed by atoms with van der Waals surface area (Å²) in [5.74, 6) is -1.20. The van der Waals surface area contributed by atoms with Gasteiger partial charge in [0.1, 0.15) is 11.6 Å². The van der Waals surface area contributed by atoms with Gasteiger partial charge in [-0.05, 0) is 47.9 Å². The third kappa shape index (κ3) is 4.98. The quantitative estimate of drug-likeness (QED) is 0.362. The number of pyridine rings is 1. The molecule has 0 fully saturated rings. The molecule has 1 aromatic heterocycles.